The molecule has 14 heavy (non-hydrogen) atoms. The standard InChI is InChI=1S/C11H16BrNS/c1-8-3-2-4-11(8,13)6-10-5-9(12)7-14-10/h5,7-8H,2-4,6,13H2,1H3. The van der Waals surface area contributed by atoms with Gasteiger partial charge in [0.15, 0.2) is 0 Å². The minimum atomic E-state index is 0.0598. The molecule has 78 valence electrons. The lowest BCUT2D eigenvalue weighted by molar-refractivity contribution is 0.338. The highest BCUT2D eigenvalue weighted by Crippen LogP contribution is 2.37. The van der Waals surface area contributed by atoms with E-state index < -0.39 is 0 Å². The third-order valence-electron chi connectivity index (χ3n) is 3.39. The first-order valence-electron chi connectivity index (χ1n) is 5.12. The van der Waals surface area contributed by atoms with Crippen molar-refractivity contribution in [1.29, 1.82) is 0 Å². The molecule has 1 aliphatic carbocycles. The number of hydrogen-bond donors (Lipinski definition) is 1. The van der Waals surface area contributed by atoms with Crippen LogP contribution in [-0.2, 0) is 6.42 Å². The zero-order chi connectivity index (χ0) is 10.2. The van der Waals surface area contributed by atoms with Gasteiger partial charge >= 0.3 is 0 Å². The van der Waals surface area contributed by atoms with Crippen molar-refractivity contribution < 1.29 is 0 Å². The Morgan fingerprint density at radius 3 is 3.00 bits per heavy atom. The molecule has 1 heterocycles. The molecule has 0 spiro atoms. The molecule has 1 fully saturated rings. The molecule has 0 saturated heterocycles. The lowest BCUT2D eigenvalue weighted by atomic mass is 9.86. The monoisotopic (exact) mass is 273 g/mol. The molecule has 0 aliphatic heterocycles. The third kappa shape index (κ3) is 2.05. The van der Waals surface area contributed by atoms with Crippen molar-refractivity contribution in [2.24, 2.45) is 11.7 Å². The molecule has 1 saturated carbocycles. The average Bonchev–Trinajstić information content (AvgIpc) is 2.62. The van der Waals surface area contributed by atoms with E-state index in [2.05, 4.69) is 34.3 Å². The van der Waals surface area contributed by atoms with E-state index in [0.29, 0.717) is 5.92 Å². The highest BCUT2D eigenvalue weighted by molar-refractivity contribution is 9.10. The normalized spacial score (nSPS) is 32.4. The molecular formula is C11H16BrNS. The molecule has 2 unspecified atom stereocenters. The molecule has 3 heteroatoms. The SMILES string of the molecule is CC1CCCC1(N)Cc1cc(Br)cs1. The Morgan fingerprint density at radius 2 is 2.50 bits per heavy atom. The van der Waals surface area contributed by atoms with Crippen LogP contribution in [0.25, 0.3) is 0 Å². The Morgan fingerprint density at radius 1 is 1.71 bits per heavy atom. The highest BCUT2D eigenvalue weighted by Gasteiger charge is 2.36. The van der Waals surface area contributed by atoms with Gasteiger partial charge in [0.25, 0.3) is 0 Å². The predicted octanol–water partition coefficient (Wildman–Crippen LogP) is 3.57. The third-order valence-corrected chi connectivity index (χ3v) is 5.08. The van der Waals surface area contributed by atoms with E-state index in [0.717, 1.165) is 6.42 Å². The molecule has 1 aromatic rings. The minimum Gasteiger partial charge on any atom is -0.325 e. The van der Waals surface area contributed by atoms with Crippen LogP contribution in [-0.4, -0.2) is 5.54 Å². The molecule has 1 nitrogen and oxygen atoms in total. The summed E-state index contributed by atoms with van der Waals surface area (Å²) in [6.45, 7) is 2.29. The summed E-state index contributed by atoms with van der Waals surface area (Å²) < 4.78 is 1.19. The van der Waals surface area contributed by atoms with Crippen LogP contribution >= 0.6 is 27.3 Å². The van der Waals surface area contributed by atoms with Crippen molar-refractivity contribution in [2.75, 3.05) is 0 Å². The first-order valence-corrected chi connectivity index (χ1v) is 6.79. The largest absolute Gasteiger partial charge is 0.325 e. The van der Waals surface area contributed by atoms with Crippen molar-refractivity contribution in [3.05, 3.63) is 20.8 Å². The Bertz CT molecular complexity index is 323. The molecule has 0 bridgehead atoms. The second-order valence-electron chi connectivity index (χ2n) is 4.43. The zero-order valence-corrected chi connectivity index (χ0v) is 10.8. The van der Waals surface area contributed by atoms with Crippen LogP contribution in [0.3, 0.4) is 0 Å². The van der Waals surface area contributed by atoms with Crippen molar-refractivity contribution in [1.82, 2.24) is 0 Å². The van der Waals surface area contributed by atoms with Gasteiger partial charge in [0, 0.05) is 26.7 Å². The highest BCUT2D eigenvalue weighted by atomic mass is 79.9. The summed E-state index contributed by atoms with van der Waals surface area (Å²) in [4.78, 5) is 1.41. The van der Waals surface area contributed by atoms with Gasteiger partial charge in [-0.25, -0.2) is 0 Å². The van der Waals surface area contributed by atoms with Crippen LogP contribution in [0.5, 0.6) is 0 Å². The lowest BCUT2D eigenvalue weighted by Crippen LogP contribution is -2.44. The maximum atomic E-state index is 6.44. The van der Waals surface area contributed by atoms with Gasteiger partial charge in [0.2, 0.25) is 0 Å². The van der Waals surface area contributed by atoms with Gasteiger partial charge in [-0.1, -0.05) is 13.3 Å². The Labute approximate surface area is 97.8 Å². The quantitative estimate of drug-likeness (QED) is 0.876. The molecule has 1 aliphatic rings. The second kappa shape index (κ2) is 3.95. The lowest BCUT2D eigenvalue weighted by Gasteiger charge is -2.28. The van der Waals surface area contributed by atoms with E-state index in [1.165, 1.54) is 28.6 Å². The van der Waals surface area contributed by atoms with E-state index in [4.69, 9.17) is 5.73 Å². The fourth-order valence-electron chi connectivity index (χ4n) is 2.30. The maximum Gasteiger partial charge on any atom is 0.0285 e. The van der Waals surface area contributed by atoms with Crippen molar-refractivity contribution in [3.63, 3.8) is 0 Å². The van der Waals surface area contributed by atoms with E-state index in [-0.39, 0.29) is 5.54 Å². The Kier molecular flexibility index (Phi) is 3.01. The molecule has 2 rings (SSSR count). The second-order valence-corrected chi connectivity index (χ2v) is 6.35. The molecule has 2 atom stereocenters. The number of halogens is 1. The Hall–Kier alpha value is 0.140. The fraction of sp³-hybridized carbons (Fsp3) is 0.636. The molecule has 0 amide bonds. The summed E-state index contributed by atoms with van der Waals surface area (Å²) in [6.07, 6.45) is 4.82. The van der Waals surface area contributed by atoms with Crippen molar-refractivity contribution >= 4 is 27.3 Å². The summed E-state index contributed by atoms with van der Waals surface area (Å²) in [5, 5.41) is 2.14. The molecule has 2 N–H and O–H groups in total. The summed E-state index contributed by atoms with van der Waals surface area (Å²) in [6, 6.07) is 2.20. The molecular weight excluding hydrogens is 258 g/mol. The number of thiophene rings is 1. The number of rotatable bonds is 2. The van der Waals surface area contributed by atoms with Gasteiger partial charge in [0.05, 0.1) is 0 Å². The minimum absolute atomic E-state index is 0.0598. The van der Waals surface area contributed by atoms with Crippen LogP contribution < -0.4 is 5.73 Å². The topological polar surface area (TPSA) is 26.0 Å². The van der Waals surface area contributed by atoms with Crippen LogP contribution in [0, 0.1) is 5.92 Å². The summed E-state index contributed by atoms with van der Waals surface area (Å²) in [5.41, 5.74) is 6.50. The van der Waals surface area contributed by atoms with Gasteiger partial charge in [-0.05, 0) is 40.8 Å². The average molecular weight is 274 g/mol. The van der Waals surface area contributed by atoms with Crippen molar-refractivity contribution in [2.45, 2.75) is 38.1 Å². The van der Waals surface area contributed by atoms with Crippen LogP contribution in [0.15, 0.2) is 15.9 Å². The van der Waals surface area contributed by atoms with Gasteiger partial charge in [-0.3, -0.25) is 0 Å². The number of hydrogen-bond acceptors (Lipinski definition) is 2. The van der Waals surface area contributed by atoms with Gasteiger partial charge in [0.1, 0.15) is 0 Å². The van der Waals surface area contributed by atoms with Gasteiger partial charge in [-0.2, -0.15) is 0 Å². The molecule has 1 aromatic heterocycles. The first-order chi connectivity index (χ1) is 6.60. The van der Waals surface area contributed by atoms with Gasteiger partial charge in [-0.15, -0.1) is 11.3 Å². The van der Waals surface area contributed by atoms with E-state index in [1.807, 2.05) is 11.3 Å². The van der Waals surface area contributed by atoms with Crippen LogP contribution in [0.2, 0.25) is 0 Å². The van der Waals surface area contributed by atoms with E-state index in [9.17, 15) is 0 Å². The summed E-state index contributed by atoms with van der Waals surface area (Å²) in [5.74, 6) is 0.670. The Balaban J connectivity index is 2.10. The van der Waals surface area contributed by atoms with Crippen molar-refractivity contribution in [3.8, 4) is 0 Å². The summed E-state index contributed by atoms with van der Waals surface area (Å²) in [7, 11) is 0. The maximum absolute atomic E-state index is 6.44. The molecule has 0 aromatic carbocycles. The first kappa shape index (κ1) is 10.7. The van der Waals surface area contributed by atoms with Gasteiger partial charge < -0.3 is 5.73 Å². The van der Waals surface area contributed by atoms with E-state index in [1.54, 1.807) is 0 Å². The molecule has 0 radical (unpaired) electrons. The zero-order valence-electron chi connectivity index (χ0n) is 8.42. The predicted molar refractivity (Wildman–Crippen MR) is 65.7 cm³/mol. The van der Waals surface area contributed by atoms with Crippen LogP contribution in [0.1, 0.15) is 31.1 Å². The fourth-order valence-corrected chi connectivity index (χ4v) is 3.89. The van der Waals surface area contributed by atoms with Crippen LogP contribution in [0.4, 0.5) is 0 Å². The van der Waals surface area contributed by atoms with E-state index >= 15 is 0 Å². The smallest absolute Gasteiger partial charge is 0.0285 e. The number of nitrogens with two attached hydrogens (primary N) is 1. The summed E-state index contributed by atoms with van der Waals surface area (Å²) >= 11 is 5.29.